The predicted octanol–water partition coefficient (Wildman–Crippen LogP) is 1.57. The van der Waals surface area contributed by atoms with E-state index in [1.807, 2.05) is 7.05 Å². The third-order valence-corrected chi connectivity index (χ3v) is 3.79. The lowest BCUT2D eigenvalue weighted by atomic mass is 9.74. The largest absolute Gasteiger partial charge is 0.320 e. The summed E-state index contributed by atoms with van der Waals surface area (Å²) in [5, 5.41) is 3.27. The van der Waals surface area contributed by atoms with Crippen molar-refractivity contribution in [1.82, 2.24) is 10.2 Å². The van der Waals surface area contributed by atoms with Crippen LogP contribution in [0, 0.1) is 11.3 Å². The smallest absolute Gasteiger partial charge is 0.00384 e. The molecule has 13 heavy (non-hydrogen) atoms. The van der Waals surface area contributed by atoms with E-state index in [0.717, 1.165) is 12.5 Å². The van der Waals surface area contributed by atoms with Gasteiger partial charge in [0.2, 0.25) is 0 Å². The molecule has 1 heterocycles. The number of nitrogens with zero attached hydrogens (tertiary/aromatic N) is 1. The summed E-state index contributed by atoms with van der Waals surface area (Å²) >= 11 is 0. The maximum Gasteiger partial charge on any atom is 0.00384 e. The maximum absolute atomic E-state index is 3.27. The molecule has 1 fully saturated rings. The Hall–Kier alpha value is -0.0800. The quantitative estimate of drug-likeness (QED) is 0.713. The van der Waals surface area contributed by atoms with Crippen LogP contribution in [0.5, 0.6) is 0 Å². The highest BCUT2D eigenvalue weighted by atomic mass is 15.1. The van der Waals surface area contributed by atoms with Crippen LogP contribution in [0.4, 0.5) is 0 Å². The van der Waals surface area contributed by atoms with Crippen molar-refractivity contribution in [2.75, 3.05) is 33.7 Å². The molecule has 2 heteroatoms. The summed E-state index contributed by atoms with van der Waals surface area (Å²) < 4.78 is 0. The van der Waals surface area contributed by atoms with Gasteiger partial charge in [-0.15, -0.1) is 0 Å². The monoisotopic (exact) mass is 184 g/mol. The first-order valence-corrected chi connectivity index (χ1v) is 5.48. The molecular weight excluding hydrogens is 160 g/mol. The Morgan fingerprint density at radius 2 is 2.23 bits per heavy atom. The van der Waals surface area contributed by atoms with E-state index >= 15 is 0 Å². The van der Waals surface area contributed by atoms with Gasteiger partial charge in [0.1, 0.15) is 0 Å². The van der Waals surface area contributed by atoms with E-state index < -0.39 is 0 Å². The average molecular weight is 184 g/mol. The van der Waals surface area contributed by atoms with Crippen LogP contribution in [-0.2, 0) is 0 Å². The minimum absolute atomic E-state index is 0.581. The third-order valence-electron chi connectivity index (χ3n) is 3.79. The molecule has 2 unspecified atom stereocenters. The van der Waals surface area contributed by atoms with Gasteiger partial charge in [-0.05, 0) is 44.8 Å². The molecule has 0 aromatic heterocycles. The van der Waals surface area contributed by atoms with Crippen LogP contribution in [-0.4, -0.2) is 38.6 Å². The molecule has 1 N–H and O–H groups in total. The van der Waals surface area contributed by atoms with E-state index in [0.29, 0.717) is 5.41 Å². The van der Waals surface area contributed by atoms with Gasteiger partial charge in [-0.1, -0.05) is 13.8 Å². The van der Waals surface area contributed by atoms with Gasteiger partial charge in [0.15, 0.2) is 0 Å². The Kier molecular flexibility index (Phi) is 3.74. The van der Waals surface area contributed by atoms with Crippen LogP contribution >= 0.6 is 0 Å². The molecule has 0 amide bonds. The highest BCUT2D eigenvalue weighted by Gasteiger charge is 2.40. The first-order chi connectivity index (χ1) is 6.14. The van der Waals surface area contributed by atoms with Crippen LogP contribution in [0.15, 0.2) is 0 Å². The molecule has 0 spiro atoms. The van der Waals surface area contributed by atoms with E-state index in [1.165, 1.54) is 25.9 Å². The van der Waals surface area contributed by atoms with Gasteiger partial charge in [-0.25, -0.2) is 0 Å². The summed E-state index contributed by atoms with van der Waals surface area (Å²) in [6, 6.07) is 0. The fourth-order valence-electron chi connectivity index (χ4n) is 2.76. The second kappa shape index (κ2) is 4.43. The number of rotatable bonds is 4. The molecule has 0 aromatic carbocycles. The second-order valence-electron chi connectivity index (χ2n) is 4.67. The summed E-state index contributed by atoms with van der Waals surface area (Å²) in [6.45, 7) is 8.46. The van der Waals surface area contributed by atoms with Crippen LogP contribution in [0.1, 0.15) is 26.7 Å². The Morgan fingerprint density at radius 1 is 1.54 bits per heavy atom. The Balaban J connectivity index is 2.57. The molecular formula is C11H24N2. The van der Waals surface area contributed by atoms with Gasteiger partial charge in [0.25, 0.3) is 0 Å². The Morgan fingerprint density at radius 3 is 2.62 bits per heavy atom. The molecule has 0 aromatic rings. The summed E-state index contributed by atoms with van der Waals surface area (Å²) in [5.41, 5.74) is 0.581. The molecule has 0 saturated carbocycles. The van der Waals surface area contributed by atoms with Gasteiger partial charge >= 0.3 is 0 Å². The third kappa shape index (κ3) is 2.23. The highest BCUT2D eigenvalue weighted by molar-refractivity contribution is 4.92. The molecule has 2 atom stereocenters. The molecule has 0 radical (unpaired) electrons. The van der Waals surface area contributed by atoms with Gasteiger partial charge < -0.3 is 10.2 Å². The molecule has 1 aliphatic heterocycles. The number of hydrogen-bond donors (Lipinski definition) is 1. The standard InChI is InChI=1S/C11H24N2/c1-5-11(6-7-12-3)9-13(4)8-10(11)2/h10,12H,5-9H2,1-4H3. The van der Waals surface area contributed by atoms with Crippen molar-refractivity contribution in [2.24, 2.45) is 11.3 Å². The SMILES string of the molecule is CCC1(CCNC)CN(C)CC1C. The van der Waals surface area contributed by atoms with Gasteiger partial charge in [-0.2, -0.15) is 0 Å². The topological polar surface area (TPSA) is 15.3 Å². The van der Waals surface area contributed by atoms with Crippen molar-refractivity contribution in [2.45, 2.75) is 26.7 Å². The summed E-state index contributed by atoms with van der Waals surface area (Å²) in [7, 11) is 4.29. The summed E-state index contributed by atoms with van der Waals surface area (Å²) in [4.78, 5) is 2.48. The van der Waals surface area contributed by atoms with Crippen LogP contribution in [0.3, 0.4) is 0 Å². The molecule has 1 rings (SSSR count). The minimum atomic E-state index is 0.581. The van der Waals surface area contributed by atoms with Crippen molar-refractivity contribution in [3.63, 3.8) is 0 Å². The highest BCUT2D eigenvalue weighted by Crippen LogP contribution is 2.40. The fourth-order valence-corrected chi connectivity index (χ4v) is 2.76. The fraction of sp³-hybridized carbons (Fsp3) is 1.00. The van der Waals surface area contributed by atoms with E-state index in [4.69, 9.17) is 0 Å². The van der Waals surface area contributed by atoms with Crippen molar-refractivity contribution >= 4 is 0 Å². The zero-order chi connectivity index (χ0) is 9.90. The first kappa shape index (κ1) is 11.0. The van der Waals surface area contributed by atoms with Crippen molar-refractivity contribution < 1.29 is 0 Å². The summed E-state index contributed by atoms with van der Waals surface area (Å²) in [6.07, 6.45) is 2.64. The first-order valence-electron chi connectivity index (χ1n) is 5.48. The zero-order valence-corrected chi connectivity index (χ0v) is 9.56. The normalized spacial score (nSPS) is 35.5. The molecule has 0 bridgehead atoms. The van der Waals surface area contributed by atoms with Crippen molar-refractivity contribution in [3.8, 4) is 0 Å². The second-order valence-corrected chi connectivity index (χ2v) is 4.67. The van der Waals surface area contributed by atoms with Gasteiger partial charge in [0, 0.05) is 13.1 Å². The van der Waals surface area contributed by atoms with Crippen LogP contribution < -0.4 is 5.32 Å². The van der Waals surface area contributed by atoms with Gasteiger partial charge in [-0.3, -0.25) is 0 Å². The molecule has 0 aliphatic carbocycles. The predicted molar refractivity (Wildman–Crippen MR) is 57.9 cm³/mol. The van der Waals surface area contributed by atoms with Gasteiger partial charge in [0.05, 0.1) is 0 Å². The Bertz CT molecular complexity index is 158. The Labute approximate surface area is 82.7 Å². The maximum atomic E-state index is 3.27. The number of nitrogens with one attached hydrogen (secondary N) is 1. The zero-order valence-electron chi connectivity index (χ0n) is 9.56. The molecule has 2 nitrogen and oxygen atoms in total. The van der Waals surface area contributed by atoms with E-state index in [2.05, 4.69) is 31.1 Å². The van der Waals surface area contributed by atoms with Crippen LogP contribution in [0.2, 0.25) is 0 Å². The van der Waals surface area contributed by atoms with E-state index in [9.17, 15) is 0 Å². The number of likely N-dealkylation sites (tertiary alicyclic amines) is 1. The molecule has 1 saturated heterocycles. The minimum Gasteiger partial charge on any atom is -0.320 e. The van der Waals surface area contributed by atoms with E-state index in [1.54, 1.807) is 0 Å². The lowest BCUT2D eigenvalue weighted by molar-refractivity contribution is 0.201. The van der Waals surface area contributed by atoms with Crippen molar-refractivity contribution in [1.29, 1.82) is 0 Å². The van der Waals surface area contributed by atoms with E-state index in [-0.39, 0.29) is 0 Å². The lowest BCUT2D eigenvalue weighted by Crippen LogP contribution is -2.31. The summed E-state index contributed by atoms with van der Waals surface area (Å²) in [5.74, 6) is 0.857. The van der Waals surface area contributed by atoms with Crippen LogP contribution in [0.25, 0.3) is 0 Å². The lowest BCUT2D eigenvalue weighted by Gasteiger charge is -2.32. The molecule has 1 aliphatic rings. The molecule has 78 valence electrons. The average Bonchev–Trinajstić information content (AvgIpc) is 2.38. The number of hydrogen-bond acceptors (Lipinski definition) is 2. The van der Waals surface area contributed by atoms with Crippen molar-refractivity contribution in [3.05, 3.63) is 0 Å².